The molecule has 1 aromatic heterocycles. The molecule has 0 aliphatic carbocycles. The maximum atomic E-state index is 13.8. The lowest BCUT2D eigenvalue weighted by Gasteiger charge is -2.05. The molecule has 2 rings (SSSR count). The van der Waals surface area contributed by atoms with Gasteiger partial charge in [-0.25, -0.2) is 4.39 Å². The molecule has 0 amide bonds. The van der Waals surface area contributed by atoms with E-state index < -0.39 is 5.82 Å². The molecule has 0 bridgehead atoms. The molecule has 1 aromatic carbocycles. The lowest BCUT2D eigenvalue weighted by atomic mass is 10.1. The summed E-state index contributed by atoms with van der Waals surface area (Å²) in [6.45, 7) is 0.259. The Bertz CT molecular complexity index is 596. The summed E-state index contributed by atoms with van der Waals surface area (Å²) in [5.74, 6) is -0.590. The van der Waals surface area contributed by atoms with E-state index in [1.165, 1.54) is 16.9 Å². The Morgan fingerprint density at radius 3 is 2.89 bits per heavy atom. The number of halogens is 2. The van der Waals surface area contributed by atoms with Gasteiger partial charge in [-0.1, -0.05) is 28.9 Å². The van der Waals surface area contributed by atoms with Gasteiger partial charge in [0.2, 0.25) is 0 Å². The van der Waals surface area contributed by atoms with Crippen LogP contribution in [0.1, 0.15) is 11.1 Å². The highest BCUT2D eigenvalue weighted by Crippen LogP contribution is 2.13. The summed E-state index contributed by atoms with van der Waals surface area (Å²) in [4.78, 5) is 0. The third kappa shape index (κ3) is 2.60. The minimum Gasteiger partial charge on any atom is -0.409 e. The lowest BCUT2D eigenvalue weighted by Crippen LogP contribution is -2.14. The second-order valence-electron chi connectivity index (χ2n) is 3.65. The molecule has 18 heavy (non-hydrogen) atoms. The van der Waals surface area contributed by atoms with Gasteiger partial charge in [-0.3, -0.25) is 4.68 Å². The maximum absolute atomic E-state index is 13.8. The maximum Gasteiger partial charge on any atom is 0.170 e. The molecule has 0 atom stereocenters. The van der Waals surface area contributed by atoms with Gasteiger partial charge in [0, 0.05) is 17.3 Å². The SMILES string of the molecule is N/C(=N\O)c1ccc(Cn2cc(Cl)cn2)c(F)c1. The largest absolute Gasteiger partial charge is 0.409 e. The van der Waals surface area contributed by atoms with Crippen LogP contribution < -0.4 is 5.73 Å². The van der Waals surface area contributed by atoms with Gasteiger partial charge in [0.25, 0.3) is 0 Å². The Morgan fingerprint density at radius 2 is 2.33 bits per heavy atom. The Kier molecular flexibility index (Phi) is 3.47. The van der Waals surface area contributed by atoms with E-state index >= 15 is 0 Å². The van der Waals surface area contributed by atoms with Crippen LogP contribution in [-0.2, 0) is 6.54 Å². The molecule has 0 unspecified atom stereocenters. The van der Waals surface area contributed by atoms with Gasteiger partial charge in [0.05, 0.1) is 17.8 Å². The summed E-state index contributed by atoms with van der Waals surface area (Å²) in [5, 5.41) is 15.8. The van der Waals surface area contributed by atoms with Crippen molar-refractivity contribution in [2.45, 2.75) is 6.54 Å². The summed E-state index contributed by atoms with van der Waals surface area (Å²) in [5.41, 5.74) is 6.12. The summed E-state index contributed by atoms with van der Waals surface area (Å²) < 4.78 is 15.3. The number of amidine groups is 1. The zero-order valence-corrected chi connectivity index (χ0v) is 9.97. The van der Waals surface area contributed by atoms with Crippen LogP contribution in [-0.4, -0.2) is 20.8 Å². The first-order valence-corrected chi connectivity index (χ1v) is 5.42. The van der Waals surface area contributed by atoms with Crippen molar-refractivity contribution in [3.8, 4) is 0 Å². The van der Waals surface area contributed by atoms with Crippen LogP contribution in [0.3, 0.4) is 0 Å². The number of nitrogens with zero attached hydrogens (tertiary/aromatic N) is 3. The third-order valence-corrected chi connectivity index (χ3v) is 2.59. The highest BCUT2D eigenvalue weighted by molar-refractivity contribution is 6.30. The third-order valence-electron chi connectivity index (χ3n) is 2.39. The lowest BCUT2D eigenvalue weighted by molar-refractivity contribution is 0.318. The van der Waals surface area contributed by atoms with Gasteiger partial charge in [-0.15, -0.1) is 0 Å². The van der Waals surface area contributed by atoms with Crippen LogP contribution in [0.5, 0.6) is 0 Å². The average molecular weight is 269 g/mol. The number of oxime groups is 1. The van der Waals surface area contributed by atoms with E-state index in [0.717, 1.165) is 0 Å². The number of rotatable bonds is 3. The van der Waals surface area contributed by atoms with Crippen molar-refractivity contribution in [2.75, 3.05) is 0 Å². The highest BCUT2D eigenvalue weighted by Gasteiger charge is 2.07. The molecule has 0 aliphatic rings. The first-order chi connectivity index (χ1) is 8.60. The smallest absolute Gasteiger partial charge is 0.170 e. The van der Waals surface area contributed by atoms with Gasteiger partial charge in [0.1, 0.15) is 5.82 Å². The van der Waals surface area contributed by atoms with Gasteiger partial charge >= 0.3 is 0 Å². The number of benzene rings is 1. The van der Waals surface area contributed by atoms with Crippen molar-refractivity contribution in [2.24, 2.45) is 10.9 Å². The van der Waals surface area contributed by atoms with Gasteiger partial charge in [-0.2, -0.15) is 5.10 Å². The molecular weight excluding hydrogens is 259 g/mol. The summed E-state index contributed by atoms with van der Waals surface area (Å²) in [6.07, 6.45) is 3.07. The van der Waals surface area contributed by atoms with Crippen molar-refractivity contribution in [1.82, 2.24) is 9.78 Å². The molecule has 0 fully saturated rings. The van der Waals surface area contributed by atoms with Gasteiger partial charge in [0.15, 0.2) is 5.84 Å². The van der Waals surface area contributed by atoms with E-state index in [0.29, 0.717) is 16.1 Å². The van der Waals surface area contributed by atoms with Gasteiger partial charge < -0.3 is 10.9 Å². The van der Waals surface area contributed by atoms with Crippen LogP contribution in [0.4, 0.5) is 4.39 Å². The molecular formula is C11H10ClFN4O. The quantitative estimate of drug-likeness (QED) is 0.386. The summed E-state index contributed by atoms with van der Waals surface area (Å²) >= 11 is 5.71. The summed E-state index contributed by atoms with van der Waals surface area (Å²) in [6, 6.07) is 4.33. The Labute approximate surface area is 107 Å². The predicted molar refractivity (Wildman–Crippen MR) is 65.2 cm³/mol. The van der Waals surface area contributed by atoms with E-state index in [4.69, 9.17) is 22.5 Å². The van der Waals surface area contributed by atoms with E-state index in [2.05, 4.69) is 10.3 Å². The van der Waals surface area contributed by atoms with E-state index in [-0.39, 0.29) is 12.4 Å². The summed E-state index contributed by atoms with van der Waals surface area (Å²) in [7, 11) is 0. The van der Waals surface area contributed by atoms with Crippen LogP contribution in [0.25, 0.3) is 0 Å². The van der Waals surface area contributed by atoms with E-state index in [1.54, 1.807) is 18.3 Å². The normalized spacial score (nSPS) is 11.8. The minimum atomic E-state index is -0.453. The first kappa shape index (κ1) is 12.4. The van der Waals surface area contributed by atoms with Crippen molar-refractivity contribution in [3.63, 3.8) is 0 Å². The molecule has 94 valence electrons. The molecule has 1 heterocycles. The van der Waals surface area contributed by atoms with Crippen LogP contribution >= 0.6 is 11.6 Å². The van der Waals surface area contributed by atoms with Crippen molar-refractivity contribution < 1.29 is 9.60 Å². The number of aromatic nitrogens is 2. The van der Waals surface area contributed by atoms with Crippen molar-refractivity contribution in [1.29, 1.82) is 0 Å². The van der Waals surface area contributed by atoms with E-state index in [9.17, 15) is 4.39 Å². The molecule has 7 heteroatoms. The Hall–Kier alpha value is -2.08. The first-order valence-electron chi connectivity index (χ1n) is 5.04. The molecule has 0 aliphatic heterocycles. The zero-order chi connectivity index (χ0) is 13.1. The molecule has 3 N–H and O–H groups in total. The average Bonchev–Trinajstić information content (AvgIpc) is 2.76. The molecule has 0 spiro atoms. The van der Waals surface area contributed by atoms with Crippen molar-refractivity contribution >= 4 is 17.4 Å². The van der Waals surface area contributed by atoms with Crippen molar-refractivity contribution in [3.05, 3.63) is 52.6 Å². The molecule has 2 aromatic rings. The van der Waals surface area contributed by atoms with Crippen LogP contribution in [0, 0.1) is 5.82 Å². The monoisotopic (exact) mass is 268 g/mol. The molecule has 0 radical (unpaired) electrons. The predicted octanol–water partition coefficient (Wildman–Crippen LogP) is 1.82. The fourth-order valence-corrected chi connectivity index (χ4v) is 1.65. The fourth-order valence-electron chi connectivity index (χ4n) is 1.49. The fraction of sp³-hybridized carbons (Fsp3) is 0.0909. The Morgan fingerprint density at radius 1 is 1.56 bits per heavy atom. The second-order valence-corrected chi connectivity index (χ2v) is 4.08. The second kappa shape index (κ2) is 5.05. The number of hydrogen-bond donors (Lipinski definition) is 2. The standard InChI is InChI=1S/C11H10ClFN4O/c12-9-4-15-17(6-9)5-8-2-1-7(3-10(8)13)11(14)16-18/h1-4,6,18H,5H2,(H2,14,16). The highest BCUT2D eigenvalue weighted by atomic mass is 35.5. The van der Waals surface area contributed by atoms with E-state index in [1.807, 2.05) is 0 Å². The van der Waals surface area contributed by atoms with Crippen LogP contribution in [0.2, 0.25) is 5.02 Å². The molecule has 0 saturated carbocycles. The van der Waals surface area contributed by atoms with Crippen LogP contribution in [0.15, 0.2) is 35.7 Å². The number of hydrogen-bond acceptors (Lipinski definition) is 3. The molecule has 5 nitrogen and oxygen atoms in total. The molecule has 0 saturated heterocycles. The topological polar surface area (TPSA) is 76.4 Å². The number of nitrogens with two attached hydrogens (primary N) is 1. The Balaban J connectivity index is 2.25. The zero-order valence-electron chi connectivity index (χ0n) is 9.22. The van der Waals surface area contributed by atoms with Gasteiger partial charge in [-0.05, 0) is 6.07 Å². The minimum absolute atomic E-state index is 0.136.